The highest BCUT2D eigenvalue weighted by Crippen LogP contribution is 2.51. The van der Waals surface area contributed by atoms with Gasteiger partial charge in [-0.25, -0.2) is 4.79 Å². The van der Waals surface area contributed by atoms with Crippen LogP contribution in [0.15, 0.2) is 60.7 Å². The number of hydrogen-bond donors (Lipinski definition) is 0. The van der Waals surface area contributed by atoms with E-state index in [9.17, 15) is 9.36 Å². The molecule has 2 aromatic rings. The molecule has 2 rings (SSSR count). The van der Waals surface area contributed by atoms with Gasteiger partial charge in [0, 0.05) is 0 Å². The van der Waals surface area contributed by atoms with E-state index in [-0.39, 0.29) is 19.4 Å². The number of carbonyl (C=O) groups excluding carboxylic acids is 1. The molecule has 0 aliphatic heterocycles. The zero-order chi connectivity index (χ0) is 18.1. The summed E-state index contributed by atoms with van der Waals surface area (Å²) in [6, 6.07) is 17.9. The first-order valence-corrected chi connectivity index (χ1v) is 10.00. The molecule has 1 atom stereocenters. The van der Waals surface area contributed by atoms with E-state index < -0.39 is 19.7 Å². The minimum atomic E-state index is -3.37. The number of ether oxygens (including phenoxy) is 1. The van der Waals surface area contributed by atoms with Gasteiger partial charge in [-0.05, 0) is 31.5 Å². The second-order valence-corrected chi connectivity index (χ2v) is 7.40. The molecule has 0 spiro atoms. The Morgan fingerprint density at radius 1 is 0.920 bits per heavy atom. The number of rotatable bonds is 9. The van der Waals surface area contributed by atoms with Crippen LogP contribution in [0.3, 0.4) is 0 Å². The Morgan fingerprint density at radius 3 is 1.96 bits per heavy atom. The summed E-state index contributed by atoms with van der Waals surface area (Å²) < 4.78 is 29.2. The highest BCUT2D eigenvalue weighted by Gasteiger charge is 2.32. The summed E-state index contributed by atoms with van der Waals surface area (Å²) in [6.07, 6.45) is -0.755. The summed E-state index contributed by atoms with van der Waals surface area (Å²) in [4.78, 5) is 12.4. The van der Waals surface area contributed by atoms with E-state index in [4.69, 9.17) is 13.8 Å². The van der Waals surface area contributed by atoms with Crippen molar-refractivity contribution in [3.63, 3.8) is 0 Å². The van der Waals surface area contributed by atoms with Gasteiger partial charge < -0.3 is 13.8 Å². The second kappa shape index (κ2) is 9.52. The first-order valence-electron chi connectivity index (χ1n) is 8.27. The number of esters is 1. The van der Waals surface area contributed by atoms with Gasteiger partial charge in [-0.1, -0.05) is 48.5 Å². The Balaban J connectivity index is 2.24. The van der Waals surface area contributed by atoms with Gasteiger partial charge in [-0.2, -0.15) is 0 Å². The Bertz CT molecular complexity index is 692. The van der Waals surface area contributed by atoms with Crippen LogP contribution in [0, 0.1) is 0 Å². The Kier molecular flexibility index (Phi) is 7.38. The first-order chi connectivity index (χ1) is 12.1. The Morgan fingerprint density at radius 2 is 1.44 bits per heavy atom. The number of hydrogen-bond acceptors (Lipinski definition) is 5. The molecule has 0 heterocycles. The van der Waals surface area contributed by atoms with Gasteiger partial charge in [0.15, 0.2) is 0 Å². The molecule has 6 heteroatoms. The third kappa shape index (κ3) is 5.82. The molecule has 0 radical (unpaired) electrons. The number of carbonyl (C=O) groups is 1. The predicted octanol–water partition coefficient (Wildman–Crippen LogP) is 4.85. The van der Waals surface area contributed by atoms with Gasteiger partial charge in [-0.3, -0.25) is 4.57 Å². The zero-order valence-corrected chi connectivity index (χ0v) is 15.4. The topological polar surface area (TPSA) is 61.8 Å². The van der Waals surface area contributed by atoms with E-state index in [1.165, 1.54) is 0 Å². The molecule has 0 aromatic heterocycles. The summed E-state index contributed by atoms with van der Waals surface area (Å²) in [5.41, 5.74) is 1.18. The molecule has 134 valence electrons. The van der Waals surface area contributed by atoms with Crippen molar-refractivity contribution in [3.05, 3.63) is 71.8 Å². The normalized spacial score (nSPS) is 12.6. The molecule has 1 unspecified atom stereocenters. The zero-order valence-electron chi connectivity index (χ0n) is 14.5. The lowest BCUT2D eigenvalue weighted by Gasteiger charge is -2.23. The van der Waals surface area contributed by atoms with Crippen molar-refractivity contribution < 1.29 is 23.1 Å². The van der Waals surface area contributed by atoms with Gasteiger partial charge in [0.05, 0.1) is 24.9 Å². The van der Waals surface area contributed by atoms with Crippen LogP contribution < -0.4 is 0 Å². The van der Waals surface area contributed by atoms with E-state index >= 15 is 0 Å². The van der Waals surface area contributed by atoms with E-state index in [1.54, 1.807) is 38.1 Å². The molecule has 25 heavy (non-hydrogen) atoms. The van der Waals surface area contributed by atoms with Gasteiger partial charge in [0.25, 0.3) is 0 Å². The summed E-state index contributed by atoms with van der Waals surface area (Å²) in [5, 5.41) is 0. The van der Waals surface area contributed by atoms with Crippen LogP contribution in [0.4, 0.5) is 0 Å². The van der Waals surface area contributed by atoms with E-state index in [0.29, 0.717) is 5.56 Å². The van der Waals surface area contributed by atoms with Crippen LogP contribution in [-0.2, 0) is 18.3 Å². The maximum Gasteiger partial charge on any atom is 0.338 e. The molecule has 5 nitrogen and oxygen atoms in total. The van der Waals surface area contributed by atoms with Crippen molar-refractivity contribution in [3.8, 4) is 0 Å². The Labute approximate surface area is 148 Å². The van der Waals surface area contributed by atoms with Crippen molar-refractivity contribution in [2.75, 3.05) is 19.4 Å². The fourth-order valence-corrected chi connectivity index (χ4v) is 4.15. The molecule has 0 amide bonds. The SMILES string of the molecule is CCOP(=O)(CC(OC(=O)c1ccccc1)c1ccccc1)OCC. The van der Waals surface area contributed by atoms with Crippen LogP contribution in [-0.4, -0.2) is 25.3 Å². The highest BCUT2D eigenvalue weighted by molar-refractivity contribution is 7.53. The molecular formula is C19H23O5P. The van der Waals surface area contributed by atoms with E-state index in [0.717, 1.165) is 5.56 Å². The third-order valence-electron chi connectivity index (χ3n) is 3.47. The molecule has 0 saturated carbocycles. The molecule has 0 aliphatic rings. The maximum absolute atomic E-state index is 12.9. The lowest BCUT2D eigenvalue weighted by atomic mass is 10.1. The lowest BCUT2D eigenvalue weighted by molar-refractivity contribution is 0.0330. The molecular weight excluding hydrogens is 339 g/mol. The van der Waals surface area contributed by atoms with Crippen LogP contribution in [0.25, 0.3) is 0 Å². The largest absolute Gasteiger partial charge is 0.453 e. The fourth-order valence-electron chi connectivity index (χ4n) is 2.39. The molecule has 0 bridgehead atoms. The minimum Gasteiger partial charge on any atom is -0.453 e. The highest BCUT2D eigenvalue weighted by atomic mass is 31.2. The van der Waals surface area contributed by atoms with Crippen LogP contribution in [0.5, 0.6) is 0 Å². The van der Waals surface area contributed by atoms with Gasteiger partial charge in [0.2, 0.25) is 0 Å². The van der Waals surface area contributed by atoms with Crippen LogP contribution in [0.2, 0.25) is 0 Å². The van der Waals surface area contributed by atoms with Gasteiger partial charge in [0.1, 0.15) is 6.10 Å². The quantitative estimate of drug-likeness (QED) is 0.471. The van der Waals surface area contributed by atoms with Crippen LogP contribution >= 0.6 is 7.60 Å². The molecule has 2 aromatic carbocycles. The summed E-state index contributed by atoms with van der Waals surface area (Å²) in [7, 11) is -3.37. The molecule has 0 fully saturated rings. The minimum absolute atomic E-state index is 0.0305. The van der Waals surface area contributed by atoms with Crippen molar-refractivity contribution in [2.45, 2.75) is 20.0 Å². The van der Waals surface area contributed by atoms with E-state index in [2.05, 4.69) is 0 Å². The standard InChI is InChI=1S/C19H23O5P/c1-3-22-25(21,23-4-2)15-18(16-11-7-5-8-12-16)24-19(20)17-13-9-6-10-14-17/h5-14,18H,3-4,15H2,1-2H3. The first kappa shape index (κ1) is 19.4. The van der Waals surface area contributed by atoms with Crippen LogP contribution in [0.1, 0.15) is 35.9 Å². The third-order valence-corrected chi connectivity index (χ3v) is 5.55. The van der Waals surface area contributed by atoms with E-state index in [1.807, 2.05) is 36.4 Å². The predicted molar refractivity (Wildman–Crippen MR) is 96.8 cm³/mol. The molecule has 0 saturated heterocycles. The maximum atomic E-state index is 12.9. The summed E-state index contributed by atoms with van der Waals surface area (Å²) in [6.45, 7) is 4.01. The molecule has 0 aliphatic carbocycles. The Hall–Kier alpha value is -1.94. The summed E-state index contributed by atoms with van der Waals surface area (Å²) in [5.74, 6) is -0.478. The van der Waals surface area contributed by atoms with Gasteiger partial charge in [-0.15, -0.1) is 0 Å². The number of benzene rings is 2. The van der Waals surface area contributed by atoms with Crippen molar-refractivity contribution >= 4 is 13.6 Å². The monoisotopic (exact) mass is 362 g/mol. The average Bonchev–Trinajstić information content (AvgIpc) is 2.63. The average molecular weight is 362 g/mol. The fraction of sp³-hybridized carbons (Fsp3) is 0.316. The van der Waals surface area contributed by atoms with Gasteiger partial charge >= 0.3 is 13.6 Å². The smallest absolute Gasteiger partial charge is 0.338 e. The molecule has 0 N–H and O–H groups in total. The lowest BCUT2D eigenvalue weighted by Crippen LogP contribution is -2.17. The summed E-state index contributed by atoms with van der Waals surface area (Å²) >= 11 is 0. The second-order valence-electron chi connectivity index (χ2n) is 5.30. The van der Waals surface area contributed by atoms with Crippen molar-refractivity contribution in [2.24, 2.45) is 0 Å². The van der Waals surface area contributed by atoms with Crippen molar-refractivity contribution in [1.82, 2.24) is 0 Å². The van der Waals surface area contributed by atoms with Crippen molar-refractivity contribution in [1.29, 1.82) is 0 Å².